The van der Waals surface area contributed by atoms with E-state index in [-0.39, 0.29) is 17.1 Å². The highest BCUT2D eigenvalue weighted by atomic mass is 32.2. The fourth-order valence-corrected chi connectivity index (χ4v) is 4.06. The molecular formula is C20H14N4O5S2. The number of rotatable bonds is 7. The van der Waals surface area contributed by atoms with Crippen molar-refractivity contribution in [2.24, 2.45) is 4.36 Å². The summed E-state index contributed by atoms with van der Waals surface area (Å²) in [5, 5.41) is 21.6. The fourth-order valence-electron chi connectivity index (χ4n) is 2.31. The minimum absolute atomic E-state index is 0.155. The predicted octanol–water partition coefficient (Wildman–Crippen LogP) is 4.59. The summed E-state index contributed by atoms with van der Waals surface area (Å²) in [6, 6.07) is 13.9. The molecule has 31 heavy (non-hydrogen) atoms. The highest BCUT2D eigenvalue weighted by Gasteiger charge is 2.14. The first-order valence-corrected chi connectivity index (χ1v) is 11.4. The van der Waals surface area contributed by atoms with Gasteiger partial charge in [-0.2, -0.15) is 5.26 Å². The van der Waals surface area contributed by atoms with Crippen LogP contribution in [0, 0.1) is 21.4 Å². The number of pyridine rings is 1. The molecule has 9 nitrogen and oxygen atoms in total. The molecule has 2 heterocycles. The molecule has 0 unspecified atom stereocenters. The molecule has 2 aromatic heterocycles. The van der Waals surface area contributed by atoms with E-state index < -0.39 is 20.4 Å². The van der Waals surface area contributed by atoms with Crippen molar-refractivity contribution in [2.75, 3.05) is 6.26 Å². The van der Waals surface area contributed by atoms with Gasteiger partial charge >= 0.3 is 0 Å². The zero-order valence-corrected chi connectivity index (χ0v) is 17.6. The van der Waals surface area contributed by atoms with Crippen LogP contribution in [0.1, 0.15) is 9.67 Å². The number of carbonyl (C=O) groups is 1. The molecule has 0 amide bonds. The number of ether oxygens (including phenoxy) is 1. The fraction of sp³-hybridized carbons (Fsp3) is 0.0500. The standard InChI is InChI=1S/C20H14N4O5S2/c1-31(28,23-12-14(11-21)20(25)18-3-2-10-30-18)17-7-5-16(6-8-17)29-19-9-4-15(13-22-19)24(26)27/h2-10,12-13H,1H3/b14-12+/t31-/m1/s1. The number of nitriles is 1. The molecule has 1 atom stereocenters. The van der Waals surface area contributed by atoms with Crippen LogP contribution in [0.25, 0.3) is 0 Å². The molecule has 0 aliphatic carbocycles. The molecule has 0 aliphatic rings. The van der Waals surface area contributed by atoms with Crippen LogP contribution in [0.4, 0.5) is 5.69 Å². The lowest BCUT2D eigenvalue weighted by Gasteiger charge is -2.07. The number of carbonyl (C=O) groups excluding carboxylic acids is 1. The van der Waals surface area contributed by atoms with Gasteiger partial charge in [0.1, 0.15) is 23.6 Å². The Morgan fingerprint density at radius 3 is 2.58 bits per heavy atom. The number of ketones is 1. The van der Waals surface area contributed by atoms with Crippen LogP contribution in [-0.4, -0.2) is 26.2 Å². The Morgan fingerprint density at radius 2 is 2.03 bits per heavy atom. The second-order valence-electron chi connectivity index (χ2n) is 6.05. The third-order valence-corrected chi connectivity index (χ3v) is 6.43. The number of Topliss-reactive ketones (excluding diaryl/α,β-unsaturated/α-hetero) is 1. The largest absolute Gasteiger partial charge is 0.439 e. The van der Waals surface area contributed by atoms with E-state index in [1.807, 2.05) is 0 Å². The average Bonchev–Trinajstić information content (AvgIpc) is 3.30. The minimum atomic E-state index is -2.92. The maximum atomic E-state index is 12.9. The molecule has 156 valence electrons. The Kier molecular flexibility index (Phi) is 6.54. The number of nitro groups is 1. The summed E-state index contributed by atoms with van der Waals surface area (Å²) in [6.45, 7) is 0. The van der Waals surface area contributed by atoms with Crippen molar-refractivity contribution in [3.05, 3.63) is 86.9 Å². The van der Waals surface area contributed by atoms with Gasteiger partial charge in [0.05, 0.1) is 25.7 Å². The van der Waals surface area contributed by atoms with Gasteiger partial charge in [-0.1, -0.05) is 6.07 Å². The Balaban J connectivity index is 1.78. The highest BCUT2D eigenvalue weighted by molar-refractivity contribution is 7.93. The molecule has 0 saturated carbocycles. The van der Waals surface area contributed by atoms with E-state index in [9.17, 15) is 24.4 Å². The number of allylic oxidation sites excluding steroid dienone is 1. The van der Waals surface area contributed by atoms with Crippen molar-refractivity contribution in [3.8, 4) is 17.7 Å². The molecule has 3 rings (SSSR count). The first kappa shape index (κ1) is 21.8. The molecule has 3 aromatic rings. The Hall–Kier alpha value is -3.88. The number of aromatic nitrogens is 1. The summed E-state index contributed by atoms with van der Waals surface area (Å²) in [5.41, 5.74) is -0.362. The van der Waals surface area contributed by atoms with Gasteiger partial charge in [-0.3, -0.25) is 14.9 Å². The van der Waals surface area contributed by atoms with Gasteiger partial charge in [0.2, 0.25) is 11.7 Å². The Morgan fingerprint density at radius 1 is 1.29 bits per heavy atom. The monoisotopic (exact) mass is 454 g/mol. The van der Waals surface area contributed by atoms with Gasteiger partial charge in [-0.15, -0.1) is 11.3 Å². The first-order chi connectivity index (χ1) is 14.8. The van der Waals surface area contributed by atoms with Crippen molar-refractivity contribution < 1.29 is 18.7 Å². The van der Waals surface area contributed by atoms with Crippen LogP contribution in [0.3, 0.4) is 0 Å². The molecule has 0 saturated heterocycles. The van der Waals surface area contributed by atoms with E-state index >= 15 is 0 Å². The van der Waals surface area contributed by atoms with Crippen LogP contribution < -0.4 is 4.74 Å². The first-order valence-electron chi connectivity index (χ1n) is 8.58. The summed E-state index contributed by atoms with van der Waals surface area (Å²) >= 11 is 1.20. The molecule has 0 radical (unpaired) electrons. The summed E-state index contributed by atoms with van der Waals surface area (Å²) in [4.78, 5) is 27.0. The zero-order chi connectivity index (χ0) is 22.4. The summed E-state index contributed by atoms with van der Waals surface area (Å²) in [7, 11) is -2.92. The van der Waals surface area contributed by atoms with Gasteiger partial charge < -0.3 is 4.74 Å². The van der Waals surface area contributed by atoms with E-state index in [0.717, 1.165) is 12.4 Å². The van der Waals surface area contributed by atoms with Crippen molar-refractivity contribution in [1.29, 1.82) is 5.26 Å². The molecular weight excluding hydrogens is 440 g/mol. The van der Waals surface area contributed by atoms with Gasteiger partial charge in [0.15, 0.2) is 0 Å². The third kappa shape index (κ3) is 5.39. The van der Waals surface area contributed by atoms with Crippen LogP contribution >= 0.6 is 11.3 Å². The number of hydrogen-bond donors (Lipinski definition) is 0. The number of benzene rings is 1. The lowest BCUT2D eigenvalue weighted by molar-refractivity contribution is -0.385. The van der Waals surface area contributed by atoms with E-state index in [2.05, 4.69) is 9.35 Å². The molecule has 0 N–H and O–H groups in total. The average molecular weight is 454 g/mol. The third-order valence-electron chi connectivity index (χ3n) is 3.91. The molecule has 1 aromatic carbocycles. The van der Waals surface area contributed by atoms with Gasteiger partial charge in [-0.25, -0.2) is 13.6 Å². The van der Waals surface area contributed by atoms with Crippen molar-refractivity contribution in [1.82, 2.24) is 4.98 Å². The molecule has 11 heteroatoms. The van der Waals surface area contributed by atoms with Gasteiger partial charge in [0, 0.05) is 23.3 Å². The topological polar surface area (TPSA) is 136 Å². The lowest BCUT2D eigenvalue weighted by atomic mass is 10.2. The summed E-state index contributed by atoms with van der Waals surface area (Å²) < 4.78 is 22.4. The molecule has 0 spiro atoms. The van der Waals surface area contributed by atoms with Crippen molar-refractivity contribution >= 4 is 32.5 Å². The maximum Gasteiger partial charge on any atom is 0.287 e. The van der Waals surface area contributed by atoms with Crippen LogP contribution in [0.5, 0.6) is 11.6 Å². The minimum Gasteiger partial charge on any atom is -0.439 e. The lowest BCUT2D eigenvalue weighted by Crippen LogP contribution is -2.01. The van der Waals surface area contributed by atoms with Crippen LogP contribution in [0.15, 0.2) is 81.1 Å². The number of nitrogens with zero attached hydrogens (tertiary/aromatic N) is 4. The van der Waals surface area contributed by atoms with Crippen molar-refractivity contribution in [2.45, 2.75) is 4.90 Å². The summed E-state index contributed by atoms with van der Waals surface area (Å²) in [6.07, 6.45) is 3.51. The number of hydrogen-bond acceptors (Lipinski definition) is 9. The zero-order valence-electron chi connectivity index (χ0n) is 16.0. The Bertz CT molecular complexity index is 1300. The van der Waals surface area contributed by atoms with Gasteiger partial charge in [-0.05, 0) is 35.7 Å². The molecule has 0 aliphatic heterocycles. The molecule has 0 bridgehead atoms. The second kappa shape index (κ2) is 9.29. The van der Waals surface area contributed by atoms with Crippen LogP contribution in [0.2, 0.25) is 0 Å². The smallest absolute Gasteiger partial charge is 0.287 e. The van der Waals surface area contributed by atoms with Crippen LogP contribution in [-0.2, 0) is 9.73 Å². The van der Waals surface area contributed by atoms with E-state index in [0.29, 0.717) is 15.5 Å². The predicted molar refractivity (Wildman–Crippen MR) is 115 cm³/mol. The maximum absolute atomic E-state index is 12.9. The molecule has 0 fully saturated rings. The van der Waals surface area contributed by atoms with Crippen molar-refractivity contribution in [3.63, 3.8) is 0 Å². The normalized spacial score (nSPS) is 13.0. The van der Waals surface area contributed by atoms with E-state index in [4.69, 9.17) is 4.74 Å². The Labute approximate surface area is 181 Å². The highest BCUT2D eigenvalue weighted by Crippen LogP contribution is 2.23. The van der Waals surface area contributed by atoms with E-state index in [1.165, 1.54) is 41.9 Å². The SMILES string of the molecule is C[S@](=O)(=N/C=C(\C#N)C(=O)c1cccs1)c1ccc(Oc2ccc([N+](=O)[O-])cn2)cc1. The van der Waals surface area contributed by atoms with E-state index in [1.54, 1.807) is 35.7 Å². The van der Waals surface area contributed by atoms with Gasteiger partial charge in [0.25, 0.3) is 5.69 Å². The quantitative estimate of drug-likeness (QED) is 0.167. The summed E-state index contributed by atoms with van der Waals surface area (Å²) in [5.74, 6) is 0.0613. The number of thiophene rings is 1. The second-order valence-corrected chi connectivity index (χ2v) is 9.29.